The summed E-state index contributed by atoms with van der Waals surface area (Å²) in [6, 6.07) is 0. The highest BCUT2D eigenvalue weighted by atomic mass is 80.9. The van der Waals surface area contributed by atoms with Crippen molar-refractivity contribution in [3.63, 3.8) is 0 Å². The van der Waals surface area contributed by atoms with Gasteiger partial charge in [0.15, 0.2) is 9.21 Å². The van der Waals surface area contributed by atoms with Gasteiger partial charge in [-0.2, -0.15) is 20.6 Å². The van der Waals surface area contributed by atoms with Crippen LogP contribution in [0.2, 0.25) is 0 Å². The molecule has 0 unspecified atom stereocenters. The van der Waals surface area contributed by atoms with Crippen molar-refractivity contribution >= 4 is 60.1 Å². The smallest absolute Gasteiger partial charge is 0.162 e. The van der Waals surface area contributed by atoms with Gasteiger partial charge in [-0.25, -0.2) is 0 Å². The van der Waals surface area contributed by atoms with E-state index in [1.165, 1.54) is 0 Å². The monoisotopic (exact) mass is 452 g/mol. The van der Waals surface area contributed by atoms with Gasteiger partial charge in [-0.1, -0.05) is 0 Å². The Labute approximate surface area is 112 Å². The molecule has 10 heteroatoms. The Morgan fingerprint density at radius 2 is 1.29 bits per heavy atom. The normalized spacial score (nSPS) is 8.00. The fourth-order valence-electron chi connectivity index (χ4n) is 0.372. The van der Waals surface area contributed by atoms with Gasteiger partial charge in [0.2, 0.25) is 0 Å². The molecule has 0 aliphatic heterocycles. The molecule has 0 aromatic carbocycles. The van der Waals surface area contributed by atoms with Gasteiger partial charge in [-0.15, -0.1) is 10.2 Å². The zero-order valence-electron chi connectivity index (χ0n) is 6.46. The highest BCUT2D eigenvalue weighted by Crippen LogP contribution is 2.14. The molecule has 0 saturated heterocycles. The van der Waals surface area contributed by atoms with E-state index in [1.54, 1.807) is 12.4 Å². The summed E-state index contributed by atoms with van der Waals surface area (Å²) in [4.78, 5) is 0. The summed E-state index contributed by atoms with van der Waals surface area (Å²) in [7, 11) is 0. The second-order valence-corrected chi connectivity index (χ2v) is 3.06. The van der Waals surface area contributed by atoms with E-state index < -0.39 is 0 Å². The largest absolute Gasteiger partial charge is 0.198 e. The summed E-state index contributed by atoms with van der Waals surface area (Å²) in [5, 5.41) is 19.0. The molecular weight excluding hydrogens is 452 g/mol. The van der Waals surface area contributed by atoms with Crippen LogP contribution in [0.1, 0.15) is 0 Å². The summed E-state index contributed by atoms with van der Waals surface area (Å²) in [5.41, 5.74) is 0. The first-order valence-corrected chi connectivity index (χ1v) is 8.26. The Morgan fingerprint density at radius 3 is 1.43 bits per heavy atom. The quantitative estimate of drug-likeness (QED) is 0.640. The van der Waals surface area contributed by atoms with Crippen molar-refractivity contribution in [2.45, 2.75) is 0 Å². The van der Waals surface area contributed by atoms with Crippen molar-refractivity contribution < 1.29 is 0 Å². The fraction of sp³-hybridized carbons (Fsp3) is 0. The van der Waals surface area contributed by atoms with Gasteiger partial charge in [0.25, 0.3) is 0 Å². The Balaban J connectivity index is 0.000000213. The molecule has 0 bridgehead atoms. The summed E-state index contributed by atoms with van der Waals surface area (Å²) < 4.78 is 1.40. The molecule has 0 saturated carbocycles. The zero-order chi connectivity index (χ0) is 10.8. The van der Waals surface area contributed by atoms with Gasteiger partial charge in [0.1, 0.15) is 0 Å². The van der Waals surface area contributed by atoms with Crippen LogP contribution in [0.3, 0.4) is 0 Å². The van der Waals surface area contributed by atoms with E-state index in [1.807, 2.05) is 0 Å². The lowest BCUT2D eigenvalue weighted by Gasteiger charge is -1.69. The Kier molecular flexibility index (Phi) is 9.88. The summed E-state index contributed by atoms with van der Waals surface area (Å²) in [6.45, 7) is 0. The predicted molar refractivity (Wildman–Crippen MR) is 66.0 cm³/mol. The fourth-order valence-corrected chi connectivity index (χ4v) is 0.708. The molecule has 6 nitrogen and oxygen atoms in total. The van der Waals surface area contributed by atoms with Crippen LogP contribution >= 0.6 is 60.1 Å². The minimum Gasteiger partial charge on any atom is -0.198 e. The first-order chi connectivity index (χ1) is 6.80. The van der Waals surface area contributed by atoms with Gasteiger partial charge in [-0.05, 0) is 31.9 Å². The van der Waals surface area contributed by atoms with Crippen LogP contribution in [0.4, 0.5) is 0 Å². The summed E-state index contributed by atoms with van der Waals surface area (Å²) in [5.74, 6) is 0. The van der Waals surface area contributed by atoms with E-state index in [4.69, 9.17) is 0 Å². The number of nitrogens with one attached hydrogen (secondary N) is 2. The van der Waals surface area contributed by atoms with E-state index >= 15 is 0 Å². The van der Waals surface area contributed by atoms with E-state index in [0.29, 0.717) is 9.21 Å². The molecule has 2 heterocycles. The lowest BCUT2D eigenvalue weighted by Crippen LogP contribution is -1.64. The molecule has 14 heavy (non-hydrogen) atoms. The van der Waals surface area contributed by atoms with Crippen molar-refractivity contribution in [1.82, 2.24) is 30.8 Å². The van der Waals surface area contributed by atoms with Crippen LogP contribution in [0.5, 0.6) is 0 Å². The molecule has 2 aromatic heterocycles. The molecule has 0 aliphatic rings. The predicted octanol–water partition coefficient (Wildman–Crippen LogP) is 2.83. The average Bonchev–Trinajstić information content (AvgIpc) is 2.86. The number of nitrogens with zero attached hydrogens (tertiary/aromatic N) is 4. The molecule has 0 radical (unpaired) electrons. The number of hydrogen-bond donors (Lipinski definition) is 2. The van der Waals surface area contributed by atoms with Crippen LogP contribution < -0.4 is 0 Å². The highest BCUT2D eigenvalue weighted by Gasteiger charge is 1.95. The molecule has 2 N–H and O–H groups in total. The summed E-state index contributed by atoms with van der Waals surface area (Å²) >= 11 is 11.7. The Bertz CT molecular complexity index is 274. The van der Waals surface area contributed by atoms with Crippen molar-refractivity contribution in [1.29, 1.82) is 0 Å². The third-order valence-electron chi connectivity index (χ3n) is 0.798. The SMILES string of the molecule is BrBr.Brc1n[nH]nc1Br.c1cn[nH]n1. The van der Waals surface area contributed by atoms with Crippen LogP contribution in [-0.4, -0.2) is 30.8 Å². The third kappa shape index (κ3) is 6.62. The van der Waals surface area contributed by atoms with Gasteiger partial charge in [-0.3, -0.25) is 0 Å². The molecule has 0 amide bonds. The lowest BCUT2D eigenvalue weighted by molar-refractivity contribution is 0.929. The molecule has 0 spiro atoms. The van der Waals surface area contributed by atoms with E-state index in [-0.39, 0.29) is 0 Å². The molecule has 0 aliphatic carbocycles. The summed E-state index contributed by atoms with van der Waals surface area (Å²) in [6.07, 6.45) is 3.17. The van der Waals surface area contributed by atoms with E-state index in [2.05, 4.69) is 90.9 Å². The maximum absolute atomic E-state index is 3.65. The number of hydrogen-bond acceptors (Lipinski definition) is 4. The molecule has 0 fully saturated rings. The first kappa shape index (κ1) is 14.2. The van der Waals surface area contributed by atoms with Crippen molar-refractivity contribution in [3.05, 3.63) is 21.6 Å². The number of halogens is 4. The number of aromatic nitrogens is 6. The molecule has 0 atom stereocenters. The molecular formula is C4H4Br4N6. The van der Waals surface area contributed by atoms with Crippen LogP contribution in [0, 0.1) is 0 Å². The van der Waals surface area contributed by atoms with Crippen molar-refractivity contribution in [2.75, 3.05) is 0 Å². The minimum absolute atomic E-state index is 0.701. The minimum atomic E-state index is 0.701. The zero-order valence-corrected chi connectivity index (χ0v) is 12.8. The lowest BCUT2D eigenvalue weighted by atomic mass is 11.0. The van der Waals surface area contributed by atoms with E-state index in [0.717, 1.165) is 0 Å². The van der Waals surface area contributed by atoms with Crippen molar-refractivity contribution in [2.24, 2.45) is 0 Å². The van der Waals surface area contributed by atoms with Gasteiger partial charge in [0.05, 0.1) is 12.4 Å². The topological polar surface area (TPSA) is 83.1 Å². The van der Waals surface area contributed by atoms with Gasteiger partial charge >= 0.3 is 0 Å². The Morgan fingerprint density at radius 1 is 0.857 bits per heavy atom. The first-order valence-electron chi connectivity index (χ1n) is 2.96. The van der Waals surface area contributed by atoms with Crippen LogP contribution in [0.15, 0.2) is 21.6 Å². The maximum atomic E-state index is 3.65. The molecule has 78 valence electrons. The second kappa shape index (κ2) is 9.74. The maximum Gasteiger partial charge on any atom is 0.162 e. The average molecular weight is 456 g/mol. The van der Waals surface area contributed by atoms with Crippen LogP contribution in [0.25, 0.3) is 0 Å². The van der Waals surface area contributed by atoms with Crippen molar-refractivity contribution in [3.8, 4) is 0 Å². The second-order valence-electron chi connectivity index (χ2n) is 1.56. The molecule has 2 aromatic rings. The third-order valence-corrected chi connectivity index (χ3v) is 2.44. The van der Waals surface area contributed by atoms with E-state index in [9.17, 15) is 0 Å². The Hall–Kier alpha value is 0.200. The number of rotatable bonds is 0. The van der Waals surface area contributed by atoms with Crippen LogP contribution in [-0.2, 0) is 0 Å². The van der Waals surface area contributed by atoms with Gasteiger partial charge < -0.3 is 0 Å². The standard InChI is InChI=1S/C2HBr2N3.C2H3N3.Br2/c3-1-2(4)6-7-5-1;1-2-4-5-3-1;1-2/h(H,5,6,7);1-2H,(H,3,4,5);. The van der Waals surface area contributed by atoms with Gasteiger partial charge in [0, 0.05) is 28.3 Å². The number of aromatic amines is 2. The molecule has 2 rings (SSSR count). The number of H-pyrrole nitrogens is 2. The highest BCUT2D eigenvalue weighted by molar-refractivity contribution is 9.93.